The summed E-state index contributed by atoms with van der Waals surface area (Å²) in [6.45, 7) is 0.428. The van der Waals surface area contributed by atoms with E-state index in [1.807, 2.05) is 24.3 Å². The van der Waals surface area contributed by atoms with Gasteiger partial charge >= 0.3 is 35.7 Å². The first kappa shape index (κ1) is 22.6. The molecule has 0 atom stereocenters. The first-order valence-corrected chi connectivity index (χ1v) is 8.47. The molecule has 0 saturated heterocycles. The van der Waals surface area contributed by atoms with E-state index in [1.165, 1.54) is 5.56 Å². The molecule has 0 unspecified atom stereocenters. The van der Waals surface area contributed by atoms with Crippen LogP contribution in [0.5, 0.6) is 11.5 Å². The zero-order chi connectivity index (χ0) is 17.9. The van der Waals surface area contributed by atoms with E-state index in [1.54, 1.807) is 31.4 Å². The molecule has 2 aromatic rings. The summed E-state index contributed by atoms with van der Waals surface area (Å²) in [5.74, 6) is 1.35. The van der Waals surface area contributed by atoms with Crippen molar-refractivity contribution in [2.75, 3.05) is 20.4 Å². The number of nitrogens with one attached hydrogen (secondary N) is 1. The zero-order valence-electron chi connectivity index (χ0n) is 14.2. The first-order valence-electron chi connectivity index (χ1n) is 8.09. The van der Waals surface area contributed by atoms with E-state index in [2.05, 4.69) is 5.32 Å². The first-order chi connectivity index (χ1) is 12.2. The van der Waals surface area contributed by atoms with Crippen LogP contribution in [0.1, 0.15) is 18.4 Å². The van der Waals surface area contributed by atoms with Crippen LogP contribution in [-0.2, 0) is 11.2 Å². The van der Waals surface area contributed by atoms with Crippen LogP contribution < -0.4 is 14.8 Å². The van der Waals surface area contributed by atoms with Gasteiger partial charge in [0.1, 0.15) is 11.5 Å². The predicted octanol–water partition coefficient (Wildman–Crippen LogP) is 3.79. The predicted molar refractivity (Wildman–Crippen MR) is 105 cm³/mol. The molecule has 0 heterocycles. The third-order valence-corrected chi connectivity index (χ3v) is 3.80. The number of carbonyl (C=O) groups excluding carboxylic acids is 1. The van der Waals surface area contributed by atoms with Gasteiger partial charge in [-0.3, -0.25) is 0 Å². The number of hydrogen-bond donors (Lipinski definition) is 1. The van der Waals surface area contributed by atoms with Gasteiger partial charge in [-0.25, -0.2) is 4.79 Å². The Morgan fingerprint density at radius 3 is 2.31 bits per heavy atom. The van der Waals surface area contributed by atoms with Crippen LogP contribution in [0.2, 0.25) is 5.02 Å². The number of hydrogen-bond acceptors (Lipinski definition) is 4. The van der Waals surface area contributed by atoms with E-state index < -0.39 is 6.09 Å². The van der Waals surface area contributed by atoms with Crippen molar-refractivity contribution in [1.29, 1.82) is 0 Å². The zero-order valence-corrected chi connectivity index (χ0v) is 14.9. The van der Waals surface area contributed by atoms with Crippen molar-refractivity contribution in [2.45, 2.75) is 19.3 Å². The van der Waals surface area contributed by atoms with Crippen LogP contribution >= 0.6 is 11.6 Å². The van der Waals surface area contributed by atoms with Gasteiger partial charge in [-0.15, -0.1) is 0 Å². The number of aryl methyl sites for hydroxylation is 1. The van der Waals surface area contributed by atoms with E-state index >= 15 is 0 Å². The molecule has 0 aliphatic carbocycles. The standard InChI is InChI=1S/C19H22ClNO4.Na.H/c1-23-17-9-11-18(12-10-17)24-14-25-19(22)21-13-3-2-4-15-5-7-16(20)8-6-15;;/h5-12H,2-4,13-14H2,1H3,(H,21,22);;. The van der Waals surface area contributed by atoms with Crippen molar-refractivity contribution in [3.63, 3.8) is 0 Å². The number of halogens is 1. The average Bonchev–Trinajstić information content (AvgIpc) is 2.63. The minimum atomic E-state index is -0.486. The molecule has 136 valence electrons. The molecule has 2 aromatic carbocycles. The Kier molecular flexibility index (Phi) is 11.2. The fraction of sp³-hybridized carbons (Fsp3) is 0.316. The molecule has 0 aromatic heterocycles. The molecule has 26 heavy (non-hydrogen) atoms. The van der Waals surface area contributed by atoms with Crippen molar-refractivity contribution < 1.29 is 19.0 Å². The minimum absolute atomic E-state index is 0. The van der Waals surface area contributed by atoms with Crippen molar-refractivity contribution in [3.05, 3.63) is 59.1 Å². The van der Waals surface area contributed by atoms with Gasteiger partial charge in [-0.2, -0.15) is 0 Å². The van der Waals surface area contributed by atoms with Gasteiger partial charge in [0.2, 0.25) is 6.79 Å². The van der Waals surface area contributed by atoms with E-state index in [-0.39, 0.29) is 36.4 Å². The number of ether oxygens (including phenoxy) is 3. The van der Waals surface area contributed by atoms with Gasteiger partial charge in [-0.1, -0.05) is 23.7 Å². The second-order valence-electron chi connectivity index (χ2n) is 5.38. The summed E-state index contributed by atoms with van der Waals surface area (Å²) in [4.78, 5) is 11.6. The number of carbonyl (C=O) groups is 1. The molecule has 7 heteroatoms. The van der Waals surface area contributed by atoms with E-state index in [0.717, 1.165) is 30.0 Å². The Morgan fingerprint density at radius 2 is 1.65 bits per heavy atom. The number of alkyl carbamates (subject to hydrolysis) is 1. The molecule has 0 saturated carbocycles. The number of methoxy groups -OCH3 is 1. The SMILES string of the molecule is COc1ccc(OCOC(=O)NCCCCc2ccc(Cl)cc2)cc1.[NaH]. The maximum absolute atomic E-state index is 11.6. The molecule has 1 N–H and O–H groups in total. The number of rotatable bonds is 9. The van der Waals surface area contributed by atoms with Crippen molar-refractivity contribution in [1.82, 2.24) is 5.32 Å². The van der Waals surface area contributed by atoms with E-state index in [4.69, 9.17) is 25.8 Å². The van der Waals surface area contributed by atoms with E-state index in [0.29, 0.717) is 12.3 Å². The monoisotopic (exact) mass is 387 g/mol. The van der Waals surface area contributed by atoms with Crippen molar-refractivity contribution in [3.8, 4) is 11.5 Å². The maximum atomic E-state index is 11.6. The molecule has 2 rings (SSSR count). The summed E-state index contributed by atoms with van der Waals surface area (Å²) < 4.78 is 15.3. The Bertz CT molecular complexity index is 650. The fourth-order valence-electron chi connectivity index (χ4n) is 2.17. The number of unbranched alkanes of at least 4 members (excludes halogenated alkanes) is 1. The fourth-order valence-corrected chi connectivity index (χ4v) is 2.30. The van der Waals surface area contributed by atoms with Crippen LogP contribution in [0, 0.1) is 0 Å². The second kappa shape index (κ2) is 12.9. The molecule has 0 aliphatic heterocycles. The van der Waals surface area contributed by atoms with Crippen LogP contribution in [0.15, 0.2) is 48.5 Å². The van der Waals surface area contributed by atoms with Crippen LogP contribution in [0.25, 0.3) is 0 Å². The summed E-state index contributed by atoms with van der Waals surface area (Å²) in [5, 5.41) is 3.44. The molecule has 1 amide bonds. The third kappa shape index (κ3) is 8.81. The molecule has 0 spiro atoms. The molecule has 5 nitrogen and oxygen atoms in total. The second-order valence-corrected chi connectivity index (χ2v) is 5.82. The summed E-state index contributed by atoms with van der Waals surface area (Å²) in [6.07, 6.45) is 2.32. The Hall–Kier alpha value is -1.40. The molecule has 0 bridgehead atoms. The number of amides is 1. The summed E-state index contributed by atoms with van der Waals surface area (Å²) in [7, 11) is 1.60. The van der Waals surface area contributed by atoms with Gasteiger partial charge in [0.25, 0.3) is 0 Å². The molecule has 0 radical (unpaired) electrons. The van der Waals surface area contributed by atoms with Gasteiger partial charge in [-0.05, 0) is 61.2 Å². The van der Waals surface area contributed by atoms with Gasteiger partial charge in [0.05, 0.1) is 7.11 Å². The van der Waals surface area contributed by atoms with E-state index in [9.17, 15) is 4.79 Å². The summed E-state index contributed by atoms with van der Waals surface area (Å²) in [5.41, 5.74) is 1.24. The van der Waals surface area contributed by atoms with Gasteiger partial charge < -0.3 is 19.5 Å². The van der Waals surface area contributed by atoms with Crippen molar-refractivity contribution >= 4 is 47.3 Å². The molecule has 0 aliphatic rings. The molecule has 0 fully saturated rings. The molecular formula is C19H23ClNNaO4. The Morgan fingerprint density at radius 1 is 1.00 bits per heavy atom. The summed E-state index contributed by atoms with van der Waals surface area (Å²) >= 11 is 5.85. The average molecular weight is 388 g/mol. The van der Waals surface area contributed by atoms with Crippen molar-refractivity contribution in [2.24, 2.45) is 0 Å². The summed E-state index contributed by atoms with van der Waals surface area (Å²) in [6, 6.07) is 14.8. The topological polar surface area (TPSA) is 56.8 Å². The number of benzene rings is 2. The third-order valence-electron chi connectivity index (χ3n) is 3.55. The quantitative estimate of drug-likeness (QED) is 0.404. The normalized spacial score (nSPS) is 9.77. The Labute approximate surface area is 181 Å². The van der Waals surface area contributed by atoms with Gasteiger partial charge in [0.15, 0.2) is 0 Å². The van der Waals surface area contributed by atoms with Gasteiger partial charge in [0, 0.05) is 11.6 Å². The Balaban J connectivity index is 0.00000338. The van der Waals surface area contributed by atoms with Crippen LogP contribution in [0.3, 0.4) is 0 Å². The van der Waals surface area contributed by atoms with Crippen LogP contribution in [-0.4, -0.2) is 56.1 Å². The molecular weight excluding hydrogens is 365 g/mol. The van der Waals surface area contributed by atoms with Crippen LogP contribution in [0.4, 0.5) is 4.79 Å².